The number of hydrogen-bond acceptors (Lipinski definition) is 5. The number of aromatic nitrogens is 2. The van der Waals surface area contributed by atoms with Crippen molar-refractivity contribution in [3.8, 4) is 0 Å². The lowest BCUT2D eigenvalue weighted by Crippen LogP contribution is -2.30. The number of nitrogens with zero attached hydrogens (tertiary/aromatic N) is 3. The van der Waals surface area contributed by atoms with Crippen LogP contribution in [-0.4, -0.2) is 32.5 Å². The summed E-state index contributed by atoms with van der Waals surface area (Å²) in [6, 6.07) is 7.45. The van der Waals surface area contributed by atoms with Crippen LogP contribution in [0, 0.1) is 10.1 Å². The Labute approximate surface area is 126 Å². The van der Waals surface area contributed by atoms with Crippen LogP contribution >= 0.6 is 11.6 Å². The number of halogens is 1. The summed E-state index contributed by atoms with van der Waals surface area (Å²) in [5, 5.41) is 28.0. The Kier molecular flexibility index (Phi) is 5.26. The Hall–Kier alpha value is -1.96. The van der Waals surface area contributed by atoms with Crippen LogP contribution in [0.1, 0.15) is 5.56 Å². The third kappa shape index (κ3) is 4.52. The number of nitro groups is 1. The molecule has 1 unspecified atom stereocenters. The summed E-state index contributed by atoms with van der Waals surface area (Å²) in [7, 11) is 0. The molecular weight excluding hydrogens is 296 g/mol. The molecule has 7 nitrogen and oxygen atoms in total. The number of benzene rings is 1. The van der Waals surface area contributed by atoms with Gasteiger partial charge in [-0.2, -0.15) is 5.10 Å². The second-order valence-electron chi connectivity index (χ2n) is 4.55. The molecule has 8 heteroatoms. The van der Waals surface area contributed by atoms with Crippen LogP contribution < -0.4 is 5.32 Å². The average Bonchev–Trinajstić information content (AvgIpc) is 2.89. The molecule has 1 aromatic heterocycles. The van der Waals surface area contributed by atoms with Gasteiger partial charge in [0.1, 0.15) is 12.4 Å². The largest absolute Gasteiger partial charge is 0.390 e. The van der Waals surface area contributed by atoms with E-state index in [1.807, 2.05) is 18.2 Å². The maximum atomic E-state index is 10.5. The monoisotopic (exact) mass is 310 g/mol. The molecule has 2 N–H and O–H groups in total. The molecule has 1 aromatic carbocycles. The topological polar surface area (TPSA) is 93.2 Å². The Morgan fingerprint density at radius 3 is 2.90 bits per heavy atom. The van der Waals surface area contributed by atoms with Crippen LogP contribution in [0.2, 0.25) is 5.02 Å². The molecule has 0 aliphatic rings. The fourth-order valence-corrected chi connectivity index (χ4v) is 2.05. The predicted molar refractivity (Wildman–Crippen MR) is 78.0 cm³/mol. The summed E-state index contributed by atoms with van der Waals surface area (Å²) in [5.41, 5.74) is 0.854. The second kappa shape index (κ2) is 7.16. The van der Waals surface area contributed by atoms with Crippen LogP contribution in [0.4, 0.5) is 5.69 Å². The highest BCUT2D eigenvalue weighted by Crippen LogP contribution is 2.14. The van der Waals surface area contributed by atoms with Crippen molar-refractivity contribution in [2.75, 3.05) is 6.54 Å². The first kappa shape index (κ1) is 15.4. The molecular formula is C13H15ClN4O3. The summed E-state index contributed by atoms with van der Waals surface area (Å²) in [6.07, 6.45) is 1.74. The molecule has 112 valence electrons. The minimum Gasteiger partial charge on any atom is -0.390 e. The van der Waals surface area contributed by atoms with Crippen molar-refractivity contribution in [1.29, 1.82) is 0 Å². The summed E-state index contributed by atoms with van der Waals surface area (Å²) in [4.78, 5) is 10.0. The standard InChI is InChI=1S/C13H15ClN4O3/c14-13-4-2-1-3-10(13)5-15-7-12(19)9-17-8-11(6-16-17)18(20)21/h1-4,6,8,12,15,19H,5,7,9H2. The summed E-state index contributed by atoms with van der Waals surface area (Å²) < 4.78 is 1.35. The van der Waals surface area contributed by atoms with E-state index >= 15 is 0 Å². The average molecular weight is 311 g/mol. The van der Waals surface area contributed by atoms with Gasteiger partial charge in [-0.3, -0.25) is 14.8 Å². The van der Waals surface area contributed by atoms with Crippen LogP contribution in [-0.2, 0) is 13.1 Å². The predicted octanol–water partition coefficient (Wildman–Crippen LogP) is 1.60. The zero-order valence-corrected chi connectivity index (χ0v) is 11.9. The second-order valence-corrected chi connectivity index (χ2v) is 4.96. The van der Waals surface area contributed by atoms with E-state index in [-0.39, 0.29) is 12.2 Å². The van der Waals surface area contributed by atoms with E-state index in [0.29, 0.717) is 18.1 Å². The summed E-state index contributed by atoms with van der Waals surface area (Å²) in [5.74, 6) is 0. The first-order chi connectivity index (χ1) is 10.1. The van der Waals surface area contributed by atoms with Gasteiger partial charge in [-0.1, -0.05) is 29.8 Å². The van der Waals surface area contributed by atoms with Gasteiger partial charge < -0.3 is 10.4 Å². The Morgan fingerprint density at radius 1 is 1.48 bits per heavy atom. The Balaban J connectivity index is 1.78. The molecule has 0 fully saturated rings. The van der Waals surface area contributed by atoms with Gasteiger partial charge in [0, 0.05) is 18.1 Å². The SMILES string of the molecule is O=[N+]([O-])c1cnn(CC(O)CNCc2ccccc2Cl)c1. The van der Waals surface area contributed by atoms with Gasteiger partial charge in [0.05, 0.1) is 17.6 Å². The molecule has 0 bridgehead atoms. The lowest BCUT2D eigenvalue weighted by molar-refractivity contribution is -0.385. The van der Waals surface area contributed by atoms with E-state index in [9.17, 15) is 15.2 Å². The van der Waals surface area contributed by atoms with Gasteiger partial charge in [-0.15, -0.1) is 0 Å². The first-order valence-corrected chi connectivity index (χ1v) is 6.73. The molecule has 2 aromatic rings. The lowest BCUT2D eigenvalue weighted by Gasteiger charge is -2.12. The third-order valence-electron chi connectivity index (χ3n) is 2.88. The maximum absolute atomic E-state index is 10.5. The number of aliphatic hydroxyl groups is 1. The molecule has 1 atom stereocenters. The van der Waals surface area contributed by atoms with Crippen molar-refractivity contribution in [3.05, 3.63) is 57.4 Å². The molecule has 0 radical (unpaired) electrons. The van der Waals surface area contributed by atoms with Crippen LogP contribution in [0.25, 0.3) is 0 Å². The minimum atomic E-state index is -0.702. The lowest BCUT2D eigenvalue weighted by atomic mass is 10.2. The highest BCUT2D eigenvalue weighted by atomic mass is 35.5. The smallest absolute Gasteiger partial charge is 0.306 e. The molecule has 21 heavy (non-hydrogen) atoms. The van der Waals surface area contributed by atoms with Crippen molar-refractivity contribution in [2.45, 2.75) is 19.2 Å². The van der Waals surface area contributed by atoms with E-state index in [0.717, 1.165) is 11.8 Å². The quantitative estimate of drug-likeness (QED) is 0.598. The number of rotatable bonds is 7. The van der Waals surface area contributed by atoms with Crippen molar-refractivity contribution >= 4 is 17.3 Å². The third-order valence-corrected chi connectivity index (χ3v) is 3.25. The van der Waals surface area contributed by atoms with E-state index < -0.39 is 11.0 Å². The molecule has 0 saturated carbocycles. The molecule has 2 rings (SSSR count). The van der Waals surface area contributed by atoms with Crippen LogP contribution in [0.15, 0.2) is 36.7 Å². The van der Waals surface area contributed by atoms with Crippen molar-refractivity contribution in [1.82, 2.24) is 15.1 Å². The highest BCUT2D eigenvalue weighted by molar-refractivity contribution is 6.31. The van der Waals surface area contributed by atoms with Gasteiger partial charge in [0.2, 0.25) is 0 Å². The van der Waals surface area contributed by atoms with Gasteiger partial charge >= 0.3 is 5.69 Å². The van der Waals surface area contributed by atoms with Gasteiger partial charge in [0.15, 0.2) is 0 Å². The van der Waals surface area contributed by atoms with Crippen LogP contribution in [0.5, 0.6) is 0 Å². The van der Waals surface area contributed by atoms with Gasteiger partial charge in [-0.25, -0.2) is 0 Å². The molecule has 1 heterocycles. The Morgan fingerprint density at radius 2 is 2.24 bits per heavy atom. The minimum absolute atomic E-state index is 0.0915. The number of hydrogen-bond donors (Lipinski definition) is 2. The number of nitrogens with one attached hydrogen (secondary N) is 1. The first-order valence-electron chi connectivity index (χ1n) is 6.35. The zero-order chi connectivity index (χ0) is 15.2. The molecule has 0 amide bonds. The van der Waals surface area contributed by atoms with Crippen LogP contribution in [0.3, 0.4) is 0 Å². The number of aliphatic hydroxyl groups excluding tert-OH is 1. The zero-order valence-electron chi connectivity index (χ0n) is 11.1. The van der Waals surface area contributed by atoms with Gasteiger partial charge in [-0.05, 0) is 11.6 Å². The molecule has 0 aliphatic heterocycles. The van der Waals surface area contributed by atoms with Crippen molar-refractivity contribution in [2.24, 2.45) is 0 Å². The van der Waals surface area contributed by atoms with Gasteiger partial charge in [0.25, 0.3) is 0 Å². The summed E-state index contributed by atoms with van der Waals surface area (Å²) in [6.45, 7) is 1.05. The molecule has 0 spiro atoms. The highest BCUT2D eigenvalue weighted by Gasteiger charge is 2.11. The maximum Gasteiger partial charge on any atom is 0.306 e. The fourth-order valence-electron chi connectivity index (χ4n) is 1.84. The van der Waals surface area contributed by atoms with Crippen molar-refractivity contribution in [3.63, 3.8) is 0 Å². The molecule has 0 saturated heterocycles. The molecule has 0 aliphatic carbocycles. The fraction of sp³-hybridized carbons (Fsp3) is 0.308. The van der Waals surface area contributed by atoms with E-state index in [1.54, 1.807) is 6.07 Å². The van der Waals surface area contributed by atoms with E-state index in [2.05, 4.69) is 10.4 Å². The Bertz CT molecular complexity index is 617. The summed E-state index contributed by atoms with van der Waals surface area (Å²) >= 11 is 6.02. The normalized spacial score (nSPS) is 12.3. The van der Waals surface area contributed by atoms with E-state index in [1.165, 1.54) is 10.9 Å². The van der Waals surface area contributed by atoms with Crippen molar-refractivity contribution < 1.29 is 10.0 Å². The van der Waals surface area contributed by atoms with E-state index in [4.69, 9.17) is 11.6 Å².